The van der Waals surface area contributed by atoms with Crippen LogP contribution in [0.3, 0.4) is 0 Å². The molecule has 0 radical (unpaired) electrons. The highest BCUT2D eigenvalue weighted by molar-refractivity contribution is 5.98. The number of aromatic nitrogens is 2. The third kappa shape index (κ3) is 6.90. The molecule has 2 aromatic heterocycles. The Bertz CT molecular complexity index is 1430. The SMILES string of the molecule is C[C@@H]1CN([C@@H](C)CO)C(=O)c2cc(-c3cccnc3)cnc2O[C@H]1CN(C)Cc1ccc(Oc2ccccc2)cc1. The highest BCUT2D eigenvalue weighted by Crippen LogP contribution is 2.30. The van der Waals surface area contributed by atoms with E-state index in [1.807, 2.05) is 67.6 Å². The summed E-state index contributed by atoms with van der Waals surface area (Å²) in [6.45, 7) is 5.61. The number of likely N-dealkylation sites (N-methyl/N-ethyl adjacent to an activating group) is 1. The van der Waals surface area contributed by atoms with Gasteiger partial charge in [0.05, 0.1) is 12.6 Å². The molecule has 0 bridgehead atoms. The van der Waals surface area contributed by atoms with Gasteiger partial charge in [0.25, 0.3) is 5.91 Å². The van der Waals surface area contributed by atoms with Gasteiger partial charge in [0.1, 0.15) is 23.2 Å². The van der Waals surface area contributed by atoms with E-state index in [0.717, 1.165) is 28.2 Å². The molecule has 1 amide bonds. The van der Waals surface area contributed by atoms with E-state index in [1.54, 1.807) is 23.5 Å². The number of benzene rings is 2. The maximum absolute atomic E-state index is 13.7. The van der Waals surface area contributed by atoms with Gasteiger partial charge in [-0.15, -0.1) is 0 Å². The molecule has 0 aliphatic carbocycles. The fraction of sp³-hybridized carbons (Fsp3) is 0.303. The van der Waals surface area contributed by atoms with Crippen LogP contribution < -0.4 is 9.47 Å². The number of nitrogens with zero attached hydrogens (tertiary/aromatic N) is 4. The molecular formula is C33H36N4O4. The van der Waals surface area contributed by atoms with E-state index in [2.05, 4.69) is 41.0 Å². The first-order chi connectivity index (χ1) is 19.9. The van der Waals surface area contributed by atoms with Crippen molar-refractivity contribution in [1.82, 2.24) is 19.8 Å². The Morgan fingerprint density at radius 3 is 2.51 bits per heavy atom. The molecule has 5 rings (SSSR count). The minimum Gasteiger partial charge on any atom is -0.472 e. The lowest BCUT2D eigenvalue weighted by Gasteiger charge is -2.37. The molecule has 41 heavy (non-hydrogen) atoms. The quantitative estimate of drug-likeness (QED) is 0.302. The summed E-state index contributed by atoms with van der Waals surface area (Å²) in [7, 11) is 2.06. The van der Waals surface area contributed by atoms with Crippen LogP contribution in [0.2, 0.25) is 0 Å². The molecule has 1 N–H and O–H groups in total. The lowest BCUT2D eigenvalue weighted by Crippen LogP contribution is -2.49. The van der Waals surface area contributed by atoms with Gasteiger partial charge in [-0.3, -0.25) is 14.7 Å². The maximum Gasteiger partial charge on any atom is 0.259 e. The second kappa shape index (κ2) is 12.9. The Kier molecular flexibility index (Phi) is 8.91. The summed E-state index contributed by atoms with van der Waals surface area (Å²) in [5, 5.41) is 9.95. The van der Waals surface area contributed by atoms with Crippen molar-refractivity contribution in [1.29, 1.82) is 0 Å². The normalized spacial score (nSPS) is 17.8. The molecule has 0 saturated heterocycles. The lowest BCUT2D eigenvalue weighted by molar-refractivity contribution is 0.0325. The number of pyridine rings is 2. The number of hydrogen-bond acceptors (Lipinski definition) is 7. The van der Waals surface area contributed by atoms with Gasteiger partial charge in [-0.1, -0.05) is 43.3 Å². The van der Waals surface area contributed by atoms with Crippen LogP contribution in [-0.2, 0) is 6.54 Å². The summed E-state index contributed by atoms with van der Waals surface area (Å²) in [5.41, 5.74) is 3.19. The van der Waals surface area contributed by atoms with E-state index in [1.165, 1.54) is 0 Å². The Balaban J connectivity index is 1.33. The van der Waals surface area contributed by atoms with E-state index in [4.69, 9.17) is 9.47 Å². The summed E-state index contributed by atoms with van der Waals surface area (Å²) in [4.78, 5) is 26.4. The summed E-state index contributed by atoms with van der Waals surface area (Å²) in [6, 6.07) is 23.1. The van der Waals surface area contributed by atoms with Crippen molar-refractivity contribution in [3.63, 3.8) is 0 Å². The van der Waals surface area contributed by atoms with Crippen LogP contribution >= 0.6 is 0 Å². The molecule has 1 aliphatic rings. The summed E-state index contributed by atoms with van der Waals surface area (Å²) < 4.78 is 12.4. The first-order valence-electron chi connectivity index (χ1n) is 13.9. The monoisotopic (exact) mass is 552 g/mol. The second-order valence-corrected chi connectivity index (χ2v) is 10.7. The minimum absolute atomic E-state index is 0.00463. The standard InChI is InChI=1S/C33H36N4O4/c1-23-19-37(24(2)22-38)33(39)30-16-27(26-8-7-15-34-17-26)18-35-32(30)41-31(23)21-36(3)20-25-11-13-29(14-12-25)40-28-9-5-4-6-10-28/h4-18,23-24,31,38H,19-22H2,1-3H3/t23-,24+,31+/m1/s1. The Morgan fingerprint density at radius 2 is 1.80 bits per heavy atom. The third-order valence-corrected chi connectivity index (χ3v) is 7.36. The van der Waals surface area contributed by atoms with Crippen molar-refractivity contribution in [2.75, 3.05) is 26.7 Å². The van der Waals surface area contributed by atoms with Crippen molar-refractivity contribution in [3.8, 4) is 28.5 Å². The lowest BCUT2D eigenvalue weighted by atomic mass is 9.99. The largest absolute Gasteiger partial charge is 0.472 e. The first kappa shape index (κ1) is 28.3. The van der Waals surface area contributed by atoms with Gasteiger partial charge in [0, 0.05) is 55.3 Å². The molecule has 0 saturated carbocycles. The third-order valence-electron chi connectivity index (χ3n) is 7.36. The van der Waals surface area contributed by atoms with Crippen LogP contribution in [0, 0.1) is 5.92 Å². The van der Waals surface area contributed by atoms with Gasteiger partial charge in [0.15, 0.2) is 0 Å². The number of amides is 1. The Hall–Kier alpha value is -4.27. The van der Waals surface area contributed by atoms with Gasteiger partial charge in [-0.25, -0.2) is 4.98 Å². The fourth-order valence-electron chi connectivity index (χ4n) is 4.98. The van der Waals surface area contributed by atoms with Crippen LogP contribution in [0.1, 0.15) is 29.8 Å². The number of aliphatic hydroxyl groups is 1. The van der Waals surface area contributed by atoms with Crippen molar-refractivity contribution in [2.45, 2.75) is 32.5 Å². The smallest absolute Gasteiger partial charge is 0.259 e. The predicted molar refractivity (Wildman–Crippen MR) is 158 cm³/mol. The molecule has 4 aromatic rings. The molecule has 0 fully saturated rings. The number of fused-ring (bicyclic) bond motifs is 1. The molecular weight excluding hydrogens is 516 g/mol. The van der Waals surface area contributed by atoms with Gasteiger partial charge >= 0.3 is 0 Å². The van der Waals surface area contributed by atoms with Gasteiger partial charge in [0.2, 0.25) is 5.88 Å². The number of carbonyl (C=O) groups is 1. The van der Waals surface area contributed by atoms with E-state index in [0.29, 0.717) is 31.1 Å². The molecule has 0 spiro atoms. The molecule has 1 aliphatic heterocycles. The highest BCUT2D eigenvalue weighted by Gasteiger charge is 2.34. The van der Waals surface area contributed by atoms with Gasteiger partial charge < -0.3 is 19.5 Å². The summed E-state index contributed by atoms with van der Waals surface area (Å²) in [5.74, 6) is 1.71. The summed E-state index contributed by atoms with van der Waals surface area (Å²) >= 11 is 0. The van der Waals surface area contributed by atoms with Crippen LogP contribution in [0.15, 0.2) is 91.4 Å². The van der Waals surface area contributed by atoms with E-state index < -0.39 is 0 Å². The molecule has 3 heterocycles. The minimum atomic E-state index is -0.340. The fourth-order valence-corrected chi connectivity index (χ4v) is 4.98. The van der Waals surface area contributed by atoms with Gasteiger partial charge in [-0.05, 0) is 55.9 Å². The topological polar surface area (TPSA) is 88.0 Å². The predicted octanol–water partition coefficient (Wildman–Crippen LogP) is 5.29. The number of aliphatic hydroxyl groups excluding tert-OH is 1. The first-order valence-corrected chi connectivity index (χ1v) is 13.9. The van der Waals surface area contributed by atoms with Crippen LogP contribution in [0.25, 0.3) is 11.1 Å². The zero-order valence-corrected chi connectivity index (χ0v) is 23.7. The van der Waals surface area contributed by atoms with Crippen molar-refractivity contribution >= 4 is 5.91 Å². The molecule has 0 unspecified atom stereocenters. The summed E-state index contributed by atoms with van der Waals surface area (Å²) in [6.07, 6.45) is 4.94. The number of rotatable bonds is 9. The molecule has 8 nitrogen and oxygen atoms in total. The average molecular weight is 553 g/mol. The average Bonchev–Trinajstić information content (AvgIpc) is 3.00. The molecule has 2 aromatic carbocycles. The Labute approximate surface area is 241 Å². The molecule has 8 heteroatoms. The zero-order chi connectivity index (χ0) is 28.8. The van der Waals surface area contributed by atoms with E-state index in [-0.39, 0.29) is 30.6 Å². The Morgan fingerprint density at radius 1 is 1.05 bits per heavy atom. The maximum atomic E-state index is 13.7. The highest BCUT2D eigenvalue weighted by atomic mass is 16.5. The van der Waals surface area contributed by atoms with E-state index in [9.17, 15) is 9.90 Å². The molecule has 3 atom stereocenters. The molecule has 212 valence electrons. The number of carbonyl (C=O) groups excluding carboxylic acids is 1. The van der Waals surface area contributed by atoms with Crippen molar-refractivity contribution in [2.24, 2.45) is 5.92 Å². The number of para-hydroxylation sites is 1. The number of ether oxygens (including phenoxy) is 2. The van der Waals surface area contributed by atoms with E-state index >= 15 is 0 Å². The van der Waals surface area contributed by atoms with Crippen LogP contribution in [-0.4, -0.2) is 69.7 Å². The second-order valence-electron chi connectivity index (χ2n) is 10.7. The zero-order valence-electron chi connectivity index (χ0n) is 23.7. The number of hydrogen-bond donors (Lipinski definition) is 1. The van der Waals surface area contributed by atoms with Crippen LogP contribution in [0.4, 0.5) is 0 Å². The van der Waals surface area contributed by atoms with Crippen LogP contribution in [0.5, 0.6) is 17.4 Å². The van der Waals surface area contributed by atoms with Crippen molar-refractivity contribution < 1.29 is 19.4 Å². The van der Waals surface area contributed by atoms with Gasteiger partial charge in [-0.2, -0.15) is 0 Å². The van der Waals surface area contributed by atoms with Crippen molar-refractivity contribution in [3.05, 3.63) is 103 Å².